The van der Waals surface area contributed by atoms with Crippen LogP contribution < -0.4 is 0 Å². The topological polar surface area (TPSA) is 52.8 Å². The highest BCUT2D eigenvalue weighted by Gasteiger charge is 2.31. The Hall–Kier alpha value is -0.680. The number of alkyl halides is 1. The molecule has 1 saturated heterocycles. The summed E-state index contributed by atoms with van der Waals surface area (Å²) >= 11 is 5.71. The third kappa shape index (κ3) is 1.88. The molecule has 0 amide bonds. The predicted octanol–water partition coefficient (Wildman–Crippen LogP) is 0.838. The van der Waals surface area contributed by atoms with E-state index in [9.17, 15) is 0 Å². The van der Waals surface area contributed by atoms with Crippen LogP contribution in [0.4, 0.5) is 0 Å². The van der Waals surface area contributed by atoms with Gasteiger partial charge in [0.1, 0.15) is 0 Å². The summed E-state index contributed by atoms with van der Waals surface area (Å²) < 4.78 is 7.13. The summed E-state index contributed by atoms with van der Waals surface area (Å²) in [4.78, 5) is 0. The van der Waals surface area contributed by atoms with Crippen molar-refractivity contribution >= 4 is 11.6 Å². The molecule has 1 unspecified atom stereocenters. The molecule has 1 fully saturated rings. The highest BCUT2D eigenvalue weighted by Crippen LogP contribution is 2.29. The lowest BCUT2D eigenvalue weighted by molar-refractivity contribution is 0.146. The van der Waals surface area contributed by atoms with Gasteiger partial charge in [-0.25, -0.2) is 4.68 Å². The van der Waals surface area contributed by atoms with Gasteiger partial charge in [-0.3, -0.25) is 0 Å². The lowest BCUT2D eigenvalue weighted by Gasteiger charge is -2.21. The number of halogens is 1. The average Bonchev–Trinajstić information content (AvgIpc) is 2.75. The minimum atomic E-state index is 0.149. The normalized spacial score (nSPS) is 27.0. The second-order valence-corrected chi connectivity index (χ2v) is 4.27. The number of hydrogen-bond donors (Lipinski definition) is 0. The molecular formula is C8H13ClN4O. The first-order chi connectivity index (χ1) is 6.73. The highest BCUT2D eigenvalue weighted by atomic mass is 35.5. The standard InChI is InChI=1S/C8H13ClN4O/c1-8(2-3-14-6-8)5-13-7(4-9)10-11-12-13/h2-6H2,1H3. The van der Waals surface area contributed by atoms with Gasteiger partial charge < -0.3 is 4.74 Å². The molecule has 0 saturated carbocycles. The van der Waals surface area contributed by atoms with Gasteiger partial charge >= 0.3 is 0 Å². The third-order valence-corrected chi connectivity index (χ3v) is 2.80. The molecule has 0 N–H and O–H groups in total. The Balaban J connectivity index is 2.09. The van der Waals surface area contributed by atoms with Crippen molar-refractivity contribution in [2.45, 2.75) is 25.8 Å². The molecule has 1 aromatic rings. The fourth-order valence-corrected chi connectivity index (χ4v) is 1.83. The first kappa shape index (κ1) is 9.86. The van der Waals surface area contributed by atoms with Crippen LogP contribution in [0.15, 0.2) is 0 Å². The summed E-state index contributed by atoms with van der Waals surface area (Å²) in [5.41, 5.74) is 0.149. The Morgan fingerprint density at radius 2 is 2.50 bits per heavy atom. The maximum absolute atomic E-state index is 5.71. The van der Waals surface area contributed by atoms with Crippen molar-refractivity contribution in [1.82, 2.24) is 20.2 Å². The zero-order chi connectivity index (χ0) is 10.0. The highest BCUT2D eigenvalue weighted by molar-refractivity contribution is 6.16. The quantitative estimate of drug-likeness (QED) is 0.703. The van der Waals surface area contributed by atoms with E-state index < -0.39 is 0 Å². The average molecular weight is 217 g/mol. The van der Waals surface area contributed by atoms with Crippen LogP contribution in [0.1, 0.15) is 19.2 Å². The van der Waals surface area contributed by atoms with Gasteiger partial charge in [0.15, 0.2) is 5.82 Å². The summed E-state index contributed by atoms with van der Waals surface area (Å²) in [5.74, 6) is 1.07. The van der Waals surface area contributed by atoms with Crippen LogP contribution in [-0.2, 0) is 17.2 Å². The molecule has 0 radical (unpaired) electrons. The smallest absolute Gasteiger partial charge is 0.166 e. The summed E-state index contributed by atoms with van der Waals surface area (Å²) in [5, 5.41) is 11.4. The van der Waals surface area contributed by atoms with Crippen LogP contribution >= 0.6 is 11.6 Å². The first-order valence-electron chi connectivity index (χ1n) is 4.62. The van der Waals surface area contributed by atoms with Crippen molar-refractivity contribution in [3.05, 3.63) is 5.82 Å². The fraction of sp³-hybridized carbons (Fsp3) is 0.875. The number of ether oxygens (including phenoxy) is 1. The van der Waals surface area contributed by atoms with E-state index in [0.29, 0.717) is 5.88 Å². The molecule has 6 heteroatoms. The SMILES string of the molecule is CC1(Cn2nnnc2CCl)CCOC1. The number of hydrogen-bond acceptors (Lipinski definition) is 4. The van der Waals surface area contributed by atoms with E-state index >= 15 is 0 Å². The maximum Gasteiger partial charge on any atom is 0.166 e. The minimum absolute atomic E-state index is 0.149. The van der Waals surface area contributed by atoms with Gasteiger partial charge in [-0.15, -0.1) is 16.7 Å². The van der Waals surface area contributed by atoms with Crippen molar-refractivity contribution in [2.24, 2.45) is 5.41 Å². The molecule has 5 nitrogen and oxygen atoms in total. The fourth-order valence-electron chi connectivity index (χ4n) is 1.64. The molecule has 1 aromatic heterocycles. The summed E-state index contributed by atoms with van der Waals surface area (Å²) in [6.07, 6.45) is 1.05. The van der Waals surface area contributed by atoms with Gasteiger partial charge in [-0.05, 0) is 16.8 Å². The molecular weight excluding hydrogens is 204 g/mol. The third-order valence-electron chi connectivity index (χ3n) is 2.56. The largest absolute Gasteiger partial charge is 0.381 e. The number of rotatable bonds is 3. The zero-order valence-electron chi connectivity index (χ0n) is 8.11. The number of tetrazole rings is 1. The van der Waals surface area contributed by atoms with E-state index in [-0.39, 0.29) is 5.41 Å². The van der Waals surface area contributed by atoms with E-state index in [2.05, 4.69) is 22.4 Å². The van der Waals surface area contributed by atoms with Crippen LogP contribution in [0.25, 0.3) is 0 Å². The van der Waals surface area contributed by atoms with Crippen LogP contribution in [0.2, 0.25) is 0 Å². The number of aromatic nitrogens is 4. The Bertz CT molecular complexity index is 308. The Kier molecular flexibility index (Phi) is 2.69. The van der Waals surface area contributed by atoms with E-state index in [0.717, 1.165) is 32.0 Å². The molecule has 0 aromatic carbocycles. The second kappa shape index (κ2) is 3.82. The van der Waals surface area contributed by atoms with Crippen LogP contribution in [0.3, 0.4) is 0 Å². The van der Waals surface area contributed by atoms with Crippen molar-refractivity contribution in [3.63, 3.8) is 0 Å². The van der Waals surface area contributed by atoms with Crippen molar-refractivity contribution in [2.75, 3.05) is 13.2 Å². The van der Waals surface area contributed by atoms with Gasteiger partial charge in [-0.1, -0.05) is 6.92 Å². The van der Waals surface area contributed by atoms with Crippen LogP contribution in [-0.4, -0.2) is 33.4 Å². The Morgan fingerprint density at radius 1 is 1.64 bits per heavy atom. The van der Waals surface area contributed by atoms with Gasteiger partial charge in [0.25, 0.3) is 0 Å². The predicted molar refractivity (Wildman–Crippen MR) is 50.9 cm³/mol. The molecule has 14 heavy (non-hydrogen) atoms. The Morgan fingerprint density at radius 3 is 3.14 bits per heavy atom. The van der Waals surface area contributed by atoms with Gasteiger partial charge in [0.2, 0.25) is 0 Å². The van der Waals surface area contributed by atoms with E-state index in [1.807, 2.05) is 0 Å². The minimum Gasteiger partial charge on any atom is -0.381 e. The van der Waals surface area contributed by atoms with E-state index in [4.69, 9.17) is 16.3 Å². The summed E-state index contributed by atoms with van der Waals surface area (Å²) in [6, 6.07) is 0. The van der Waals surface area contributed by atoms with Gasteiger partial charge in [0.05, 0.1) is 19.0 Å². The zero-order valence-corrected chi connectivity index (χ0v) is 8.87. The van der Waals surface area contributed by atoms with E-state index in [1.165, 1.54) is 0 Å². The van der Waals surface area contributed by atoms with Crippen LogP contribution in [0, 0.1) is 5.41 Å². The summed E-state index contributed by atoms with van der Waals surface area (Å²) in [6.45, 7) is 4.56. The molecule has 2 rings (SSSR count). The van der Waals surface area contributed by atoms with Gasteiger partial charge in [0, 0.05) is 12.0 Å². The first-order valence-corrected chi connectivity index (χ1v) is 5.16. The second-order valence-electron chi connectivity index (χ2n) is 4.00. The Labute approximate surface area is 87.4 Å². The van der Waals surface area contributed by atoms with Crippen molar-refractivity contribution in [3.8, 4) is 0 Å². The van der Waals surface area contributed by atoms with Gasteiger partial charge in [-0.2, -0.15) is 0 Å². The molecule has 1 aliphatic heterocycles. The monoisotopic (exact) mass is 216 g/mol. The summed E-state index contributed by atoms with van der Waals surface area (Å²) in [7, 11) is 0. The lowest BCUT2D eigenvalue weighted by Crippen LogP contribution is -2.25. The van der Waals surface area contributed by atoms with Crippen molar-refractivity contribution < 1.29 is 4.74 Å². The van der Waals surface area contributed by atoms with Crippen molar-refractivity contribution in [1.29, 1.82) is 0 Å². The lowest BCUT2D eigenvalue weighted by atomic mass is 9.90. The molecule has 2 heterocycles. The maximum atomic E-state index is 5.71. The molecule has 1 aliphatic rings. The molecule has 78 valence electrons. The van der Waals surface area contributed by atoms with Crippen LogP contribution in [0.5, 0.6) is 0 Å². The molecule has 0 bridgehead atoms. The van der Waals surface area contributed by atoms with E-state index in [1.54, 1.807) is 4.68 Å². The molecule has 0 spiro atoms. The number of nitrogens with zero attached hydrogens (tertiary/aromatic N) is 4. The molecule has 0 aliphatic carbocycles. The molecule has 1 atom stereocenters.